The SMILES string of the molecule is COc1ccc(CN2CC(CC=O)Oc3cccnc32)cc1. The number of pyridine rings is 1. The minimum absolute atomic E-state index is 0.132. The van der Waals surface area contributed by atoms with E-state index in [2.05, 4.69) is 9.88 Å². The predicted molar refractivity (Wildman–Crippen MR) is 83.4 cm³/mol. The highest BCUT2D eigenvalue weighted by atomic mass is 16.5. The van der Waals surface area contributed by atoms with Crippen LogP contribution in [-0.2, 0) is 11.3 Å². The van der Waals surface area contributed by atoms with Crippen molar-refractivity contribution >= 4 is 12.1 Å². The summed E-state index contributed by atoms with van der Waals surface area (Å²) < 4.78 is 11.0. The number of rotatable bonds is 5. The maximum absolute atomic E-state index is 10.8. The number of benzene rings is 1. The Hall–Kier alpha value is -2.56. The molecule has 2 heterocycles. The van der Waals surface area contributed by atoms with Crippen molar-refractivity contribution in [3.8, 4) is 11.5 Å². The summed E-state index contributed by atoms with van der Waals surface area (Å²) in [7, 11) is 1.65. The molecule has 0 saturated heterocycles. The number of carbonyl (C=O) groups is 1. The highest BCUT2D eigenvalue weighted by molar-refractivity contribution is 5.56. The average molecular weight is 298 g/mol. The molecule has 0 fully saturated rings. The zero-order valence-corrected chi connectivity index (χ0v) is 12.4. The molecule has 0 spiro atoms. The fraction of sp³-hybridized carbons (Fsp3) is 0.294. The second kappa shape index (κ2) is 6.47. The van der Waals surface area contributed by atoms with Crippen molar-refractivity contribution in [3.05, 3.63) is 48.2 Å². The van der Waals surface area contributed by atoms with Crippen LogP contribution in [0.15, 0.2) is 42.6 Å². The van der Waals surface area contributed by atoms with E-state index < -0.39 is 0 Å². The van der Waals surface area contributed by atoms with Gasteiger partial charge >= 0.3 is 0 Å². The first kappa shape index (κ1) is 14.4. The van der Waals surface area contributed by atoms with Crippen LogP contribution in [0.4, 0.5) is 5.82 Å². The van der Waals surface area contributed by atoms with Gasteiger partial charge in [0.15, 0.2) is 11.6 Å². The number of anilines is 1. The number of carbonyl (C=O) groups excluding carboxylic acids is 1. The number of aromatic nitrogens is 1. The Bertz CT molecular complexity index is 643. The number of aldehydes is 1. The lowest BCUT2D eigenvalue weighted by Crippen LogP contribution is -2.40. The molecule has 1 atom stereocenters. The molecule has 5 heteroatoms. The van der Waals surface area contributed by atoms with Gasteiger partial charge in [0.05, 0.1) is 13.7 Å². The first-order valence-electron chi connectivity index (χ1n) is 7.23. The van der Waals surface area contributed by atoms with Crippen LogP contribution in [0.3, 0.4) is 0 Å². The maximum atomic E-state index is 10.8. The minimum Gasteiger partial charge on any atom is -0.497 e. The van der Waals surface area contributed by atoms with E-state index in [4.69, 9.17) is 9.47 Å². The van der Waals surface area contributed by atoms with E-state index in [9.17, 15) is 4.79 Å². The largest absolute Gasteiger partial charge is 0.497 e. The lowest BCUT2D eigenvalue weighted by Gasteiger charge is -2.34. The van der Waals surface area contributed by atoms with Gasteiger partial charge in [0, 0.05) is 19.2 Å². The van der Waals surface area contributed by atoms with Crippen LogP contribution in [0, 0.1) is 0 Å². The Balaban J connectivity index is 1.82. The lowest BCUT2D eigenvalue weighted by atomic mass is 10.1. The van der Waals surface area contributed by atoms with Gasteiger partial charge in [0.25, 0.3) is 0 Å². The Morgan fingerprint density at radius 3 is 2.91 bits per heavy atom. The summed E-state index contributed by atoms with van der Waals surface area (Å²) >= 11 is 0. The monoisotopic (exact) mass is 298 g/mol. The molecule has 1 aliphatic rings. The Morgan fingerprint density at radius 2 is 2.18 bits per heavy atom. The molecule has 114 valence electrons. The quantitative estimate of drug-likeness (QED) is 0.794. The van der Waals surface area contributed by atoms with Gasteiger partial charge < -0.3 is 19.2 Å². The van der Waals surface area contributed by atoms with Crippen molar-refractivity contribution in [3.63, 3.8) is 0 Å². The summed E-state index contributed by atoms with van der Waals surface area (Å²) in [6.45, 7) is 1.36. The molecule has 0 amide bonds. The highest BCUT2D eigenvalue weighted by Gasteiger charge is 2.26. The van der Waals surface area contributed by atoms with Gasteiger partial charge in [-0.2, -0.15) is 0 Å². The van der Waals surface area contributed by atoms with Crippen molar-refractivity contribution < 1.29 is 14.3 Å². The van der Waals surface area contributed by atoms with E-state index in [1.165, 1.54) is 0 Å². The van der Waals surface area contributed by atoms with Crippen LogP contribution in [0.1, 0.15) is 12.0 Å². The van der Waals surface area contributed by atoms with Crippen LogP contribution in [0.2, 0.25) is 0 Å². The Kier molecular flexibility index (Phi) is 4.23. The second-order valence-electron chi connectivity index (χ2n) is 5.20. The molecule has 5 nitrogen and oxygen atoms in total. The molecule has 1 aliphatic heterocycles. The summed E-state index contributed by atoms with van der Waals surface area (Å²) in [4.78, 5) is 17.4. The third kappa shape index (κ3) is 3.03. The van der Waals surface area contributed by atoms with Gasteiger partial charge in [0.1, 0.15) is 18.1 Å². The number of nitrogens with zero attached hydrogens (tertiary/aromatic N) is 2. The van der Waals surface area contributed by atoms with Crippen LogP contribution < -0.4 is 14.4 Å². The van der Waals surface area contributed by atoms with Crippen LogP contribution >= 0.6 is 0 Å². The van der Waals surface area contributed by atoms with Crippen molar-refractivity contribution in [2.45, 2.75) is 19.1 Å². The second-order valence-corrected chi connectivity index (χ2v) is 5.20. The van der Waals surface area contributed by atoms with Crippen molar-refractivity contribution in [2.75, 3.05) is 18.6 Å². The first-order chi connectivity index (χ1) is 10.8. The highest BCUT2D eigenvalue weighted by Crippen LogP contribution is 2.32. The number of hydrogen-bond donors (Lipinski definition) is 0. The zero-order valence-electron chi connectivity index (χ0n) is 12.4. The van der Waals surface area contributed by atoms with E-state index in [0.29, 0.717) is 19.5 Å². The molecule has 0 bridgehead atoms. The average Bonchev–Trinajstić information content (AvgIpc) is 2.56. The molecule has 3 rings (SSSR count). The summed E-state index contributed by atoms with van der Waals surface area (Å²) in [5.41, 5.74) is 1.16. The molecule has 0 aliphatic carbocycles. The van der Waals surface area contributed by atoms with Crippen LogP contribution in [0.5, 0.6) is 11.5 Å². The van der Waals surface area contributed by atoms with E-state index in [1.807, 2.05) is 36.4 Å². The van der Waals surface area contributed by atoms with Gasteiger partial charge in [-0.05, 0) is 29.8 Å². The molecule has 0 radical (unpaired) electrons. The molecule has 1 aromatic carbocycles. The van der Waals surface area contributed by atoms with Gasteiger partial charge in [-0.1, -0.05) is 12.1 Å². The first-order valence-corrected chi connectivity index (χ1v) is 7.23. The molecule has 2 aromatic rings. The molecule has 0 saturated carbocycles. The minimum atomic E-state index is -0.132. The van der Waals surface area contributed by atoms with Gasteiger partial charge in [-0.15, -0.1) is 0 Å². The Labute approximate surface area is 129 Å². The fourth-order valence-electron chi connectivity index (χ4n) is 2.58. The number of ether oxygens (including phenoxy) is 2. The fourth-order valence-corrected chi connectivity index (χ4v) is 2.58. The molecule has 22 heavy (non-hydrogen) atoms. The third-order valence-electron chi connectivity index (χ3n) is 3.66. The van der Waals surface area contributed by atoms with Crippen LogP contribution in [-0.4, -0.2) is 31.0 Å². The maximum Gasteiger partial charge on any atom is 0.171 e. The predicted octanol–water partition coefficient (Wildman–Crippen LogP) is 2.45. The number of hydrogen-bond acceptors (Lipinski definition) is 5. The zero-order chi connectivity index (χ0) is 15.4. The molecular formula is C17H18N2O3. The van der Waals surface area contributed by atoms with Gasteiger partial charge in [0.2, 0.25) is 0 Å². The van der Waals surface area contributed by atoms with E-state index in [1.54, 1.807) is 13.3 Å². The standard InChI is InChI=1S/C17H18N2O3/c1-21-14-6-4-13(5-7-14)11-19-12-15(8-10-20)22-16-3-2-9-18-17(16)19/h2-7,9-10,15H,8,11-12H2,1H3. The van der Waals surface area contributed by atoms with Crippen molar-refractivity contribution in [1.29, 1.82) is 0 Å². The van der Waals surface area contributed by atoms with Gasteiger partial charge in [-0.3, -0.25) is 0 Å². The van der Waals surface area contributed by atoms with Gasteiger partial charge in [-0.25, -0.2) is 4.98 Å². The number of methoxy groups -OCH3 is 1. The normalized spacial score (nSPS) is 16.6. The topological polar surface area (TPSA) is 51.7 Å². The Morgan fingerprint density at radius 1 is 1.36 bits per heavy atom. The molecule has 1 aromatic heterocycles. The smallest absolute Gasteiger partial charge is 0.171 e. The van der Waals surface area contributed by atoms with E-state index in [0.717, 1.165) is 29.2 Å². The molecule has 0 N–H and O–H groups in total. The molecular weight excluding hydrogens is 280 g/mol. The summed E-state index contributed by atoms with van der Waals surface area (Å²) in [6.07, 6.45) is 2.90. The molecule has 1 unspecified atom stereocenters. The third-order valence-corrected chi connectivity index (χ3v) is 3.66. The summed E-state index contributed by atoms with van der Waals surface area (Å²) in [6, 6.07) is 11.7. The summed E-state index contributed by atoms with van der Waals surface area (Å²) in [5, 5.41) is 0. The van der Waals surface area contributed by atoms with E-state index in [-0.39, 0.29) is 6.10 Å². The lowest BCUT2D eigenvalue weighted by molar-refractivity contribution is -0.109. The summed E-state index contributed by atoms with van der Waals surface area (Å²) in [5.74, 6) is 2.39. The van der Waals surface area contributed by atoms with E-state index >= 15 is 0 Å². The van der Waals surface area contributed by atoms with Crippen molar-refractivity contribution in [2.24, 2.45) is 0 Å². The number of fused-ring (bicyclic) bond motifs is 1. The van der Waals surface area contributed by atoms with Crippen molar-refractivity contribution in [1.82, 2.24) is 4.98 Å². The van der Waals surface area contributed by atoms with Crippen LogP contribution in [0.25, 0.3) is 0 Å².